The maximum Gasteiger partial charge on any atom is 0.270 e. The van der Waals surface area contributed by atoms with Gasteiger partial charge in [0.05, 0.1) is 6.10 Å². The molecular formula is C17H21N5O2. The minimum atomic E-state index is -0.621. The lowest BCUT2D eigenvalue weighted by atomic mass is 10.3. The van der Waals surface area contributed by atoms with E-state index in [9.17, 15) is 9.90 Å². The Bertz CT molecular complexity index is 713. The average Bonchev–Trinajstić information content (AvgIpc) is 3.37. The number of β-amino-alcohol motifs (C(OH)–C–C–N with tert-alkyl or cyclic N) is 1. The molecule has 7 nitrogen and oxygen atoms in total. The molecule has 3 heterocycles. The van der Waals surface area contributed by atoms with Crippen molar-refractivity contribution < 1.29 is 9.90 Å². The molecule has 2 fully saturated rings. The van der Waals surface area contributed by atoms with Crippen LogP contribution in [0.15, 0.2) is 36.8 Å². The molecule has 126 valence electrons. The van der Waals surface area contributed by atoms with Crippen LogP contribution in [0.5, 0.6) is 0 Å². The van der Waals surface area contributed by atoms with E-state index >= 15 is 0 Å². The number of aliphatic hydroxyl groups excluding tert-OH is 1. The summed E-state index contributed by atoms with van der Waals surface area (Å²) >= 11 is 0. The van der Waals surface area contributed by atoms with Crippen LogP contribution in [0.4, 0.5) is 5.95 Å². The summed E-state index contributed by atoms with van der Waals surface area (Å²) in [6, 6.07) is 6.02. The number of hydrogen-bond donors (Lipinski definition) is 1. The van der Waals surface area contributed by atoms with Crippen molar-refractivity contribution in [2.45, 2.75) is 25.0 Å². The summed E-state index contributed by atoms with van der Waals surface area (Å²) in [5.74, 6) is 0.578. The molecule has 2 aromatic rings. The normalized spacial score (nSPS) is 21.6. The molecule has 24 heavy (non-hydrogen) atoms. The maximum absolute atomic E-state index is 12.9. The van der Waals surface area contributed by atoms with Crippen molar-refractivity contribution in [2.75, 3.05) is 31.1 Å². The molecule has 0 radical (unpaired) electrons. The van der Waals surface area contributed by atoms with Gasteiger partial charge in [0.25, 0.3) is 5.91 Å². The van der Waals surface area contributed by atoms with Gasteiger partial charge in [-0.15, -0.1) is 0 Å². The van der Waals surface area contributed by atoms with Crippen molar-refractivity contribution in [1.29, 1.82) is 0 Å². The number of amides is 1. The number of nitrogens with zero attached hydrogens (tertiary/aromatic N) is 5. The van der Waals surface area contributed by atoms with Crippen LogP contribution in [0.1, 0.15) is 29.4 Å². The zero-order chi connectivity index (χ0) is 16.5. The Morgan fingerprint density at radius 3 is 2.67 bits per heavy atom. The minimum absolute atomic E-state index is 0.0122. The number of hydrogen-bond acceptors (Lipinski definition) is 5. The number of carbonyl (C=O) groups is 1. The van der Waals surface area contributed by atoms with E-state index in [0.29, 0.717) is 43.9 Å². The highest BCUT2D eigenvalue weighted by Gasteiger charge is 2.31. The molecular weight excluding hydrogens is 306 g/mol. The predicted octanol–water partition coefficient (Wildman–Crippen LogP) is 0.936. The molecule has 0 unspecified atom stereocenters. The smallest absolute Gasteiger partial charge is 0.270 e. The molecule has 2 aromatic heterocycles. The second kappa shape index (κ2) is 6.24. The first kappa shape index (κ1) is 15.1. The zero-order valence-electron chi connectivity index (χ0n) is 13.5. The van der Waals surface area contributed by atoms with Crippen LogP contribution in [0, 0.1) is 0 Å². The van der Waals surface area contributed by atoms with Gasteiger partial charge in [-0.3, -0.25) is 4.79 Å². The van der Waals surface area contributed by atoms with Crippen LogP contribution >= 0.6 is 0 Å². The van der Waals surface area contributed by atoms with Crippen molar-refractivity contribution >= 4 is 11.9 Å². The highest BCUT2D eigenvalue weighted by Crippen LogP contribution is 2.36. The van der Waals surface area contributed by atoms with Gasteiger partial charge in [-0.05, 0) is 31.0 Å². The second-order valence-electron chi connectivity index (χ2n) is 6.43. The Balaban J connectivity index is 1.50. The molecule has 1 aliphatic carbocycles. The number of carbonyl (C=O) groups excluding carboxylic acids is 1. The number of anilines is 1. The molecule has 0 spiro atoms. The van der Waals surface area contributed by atoms with E-state index in [1.165, 1.54) is 0 Å². The second-order valence-corrected chi connectivity index (χ2v) is 6.43. The average molecular weight is 327 g/mol. The van der Waals surface area contributed by atoms with Gasteiger partial charge >= 0.3 is 0 Å². The highest BCUT2D eigenvalue weighted by molar-refractivity contribution is 5.93. The van der Waals surface area contributed by atoms with Crippen molar-refractivity contribution in [1.82, 2.24) is 19.4 Å². The Labute approximate surface area is 140 Å². The maximum atomic E-state index is 12.9. The first-order valence-electron chi connectivity index (χ1n) is 8.38. The molecule has 1 aliphatic heterocycles. The molecule has 4 rings (SSSR count). The van der Waals surface area contributed by atoms with Crippen molar-refractivity contribution in [3.8, 4) is 0 Å². The summed E-state index contributed by atoms with van der Waals surface area (Å²) in [7, 11) is 0. The van der Waals surface area contributed by atoms with Gasteiger partial charge < -0.3 is 19.5 Å². The van der Waals surface area contributed by atoms with E-state index in [1.54, 1.807) is 23.4 Å². The van der Waals surface area contributed by atoms with Crippen molar-refractivity contribution in [3.05, 3.63) is 42.5 Å². The van der Waals surface area contributed by atoms with Gasteiger partial charge in [-0.1, -0.05) is 0 Å². The highest BCUT2D eigenvalue weighted by atomic mass is 16.3. The fourth-order valence-corrected chi connectivity index (χ4v) is 3.22. The quantitative estimate of drug-likeness (QED) is 0.908. The molecule has 1 saturated carbocycles. The van der Waals surface area contributed by atoms with E-state index in [-0.39, 0.29) is 5.91 Å². The predicted molar refractivity (Wildman–Crippen MR) is 88.9 cm³/mol. The fourth-order valence-electron chi connectivity index (χ4n) is 3.22. The van der Waals surface area contributed by atoms with Crippen LogP contribution in [0.2, 0.25) is 0 Å². The third-order valence-electron chi connectivity index (χ3n) is 4.56. The minimum Gasteiger partial charge on any atom is -0.389 e. The monoisotopic (exact) mass is 327 g/mol. The molecule has 7 heteroatoms. The summed E-state index contributed by atoms with van der Waals surface area (Å²) in [6.45, 7) is 1.91. The molecule has 2 aliphatic rings. The van der Waals surface area contributed by atoms with Gasteiger partial charge in [0, 0.05) is 50.8 Å². The van der Waals surface area contributed by atoms with Crippen LogP contribution < -0.4 is 4.90 Å². The van der Waals surface area contributed by atoms with Gasteiger partial charge in [0.1, 0.15) is 5.69 Å². The van der Waals surface area contributed by atoms with E-state index in [1.807, 2.05) is 23.2 Å². The zero-order valence-corrected chi connectivity index (χ0v) is 13.5. The van der Waals surface area contributed by atoms with Gasteiger partial charge in [0.2, 0.25) is 5.95 Å². The standard InChI is InChI=1S/C17H21N5O2/c23-14-11-20(9-10-21(12-14)17-18-6-2-7-19-17)16(24)15-3-1-8-22(15)13-4-5-13/h1-3,6-8,13-14,23H,4-5,9-12H2/t14-/m1/s1. The van der Waals surface area contributed by atoms with Crippen LogP contribution in [-0.4, -0.2) is 62.7 Å². The SMILES string of the molecule is O=C(c1cccn1C1CC1)N1CCN(c2ncccn2)C[C@H](O)C1. The van der Waals surface area contributed by atoms with Crippen molar-refractivity contribution in [2.24, 2.45) is 0 Å². The lowest BCUT2D eigenvalue weighted by molar-refractivity contribution is 0.0663. The molecule has 1 N–H and O–H groups in total. The van der Waals surface area contributed by atoms with Gasteiger partial charge in [0.15, 0.2) is 0 Å². The summed E-state index contributed by atoms with van der Waals surface area (Å²) in [5.41, 5.74) is 0.717. The molecule has 1 amide bonds. The molecule has 1 saturated heterocycles. The first-order chi connectivity index (χ1) is 11.7. The largest absolute Gasteiger partial charge is 0.389 e. The van der Waals surface area contributed by atoms with E-state index in [4.69, 9.17) is 0 Å². The summed E-state index contributed by atoms with van der Waals surface area (Å²) in [6.07, 6.45) is 7.00. The summed E-state index contributed by atoms with van der Waals surface area (Å²) < 4.78 is 2.07. The topological polar surface area (TPSA) is 74.5 Å². The number of aliphatic hydroxyl groups is 1. The Hall–Kier alpha value is -2.41. The van der Waals surface area contributed by atoms with Gasteiger partial charge in [-0.25, -0.2) is 9.97 Å². The molecule has 1 atom stereocenters. The third-order valence-corrected chi connectivity index (χ3v) is 4.56. The van der Waals surface area contributed by atoms with Crippen LogP contribution in [0.25, 0.3) is 0 Å². The van der Waals surface area contributed by atoms with Crippen molar-refractivity contribution in [3.63, 3.8) is 0 Å². The summed E-state index contributed by atoms with van der Waals surface area (Å²) in [5, 5.41) is 10.3. The third kappa shape index (κ3) is 2.99. The van der Waals surface area contributed by atoms with Crippen LogP contribution in [-0.2, 0) is 0 Å². The Kier molecular flexibility index (Phi) is 3.93. The Morgan fingerprint density at radius 1 is 1.12 bits per heavy atom. The first-order valence-corrected chi connectivity index (χ1v) is 8.38. The summed E-state index contributed by atoms with van der Waals surface area (Å²) in [4.78, 5) is 25.0. The van der Waals surface area contributed by atoms with E-state index in [0.717, 1.165) is 12.8 Å². The Morgan fingerprint density at radius 2 is 1.92 bits per heavy atom. The lowest BCUT2D eigenvalue weighted by Crippen LogP contribution is -2.38. The van der Waals surface area contributed by atoms with E-state index < -0.39 is 6.10 Å². The fraction of sp³-hybridized carbons (Fsp3) is 0.471. The number of rotatable bonds is 3. The lowest BCUT2D eigenvalue weighted by Gasteiger charge is -2.22. The van der Waals surface area contributed by atoms with E-state index in [2.05, 4.69) is 14.5 Å². The molecule has 0 bridgehead atoms. The van der Waals surface area contributed by atoms with Crippen LogP contribution in [0.3, 0.4) is 0 Å². The number of aromatic nitrogens is 3. The molecule has 0 aromatic carbocycles. The van der Waals surface area contributed by atoms with Gasteiger partial charge in [-0.2, -0.15) is 0 Å².